The number of aliphatic hydroxyl groups is 1. The zero-order chi connectivity index (χ0) is 16.9. The number of aliphatic hydroxyl groups excluding tert-OH is 1. The lowest BCUT2D eigenvalue weighted by molar-refractivity contribution is 0.0137. The average molecular weight is 320 g/mol. The van der Waals surface area contributed by atoms with E-state index >= 15 is 0 Å². The van der Waals surface area contributed by atoms with Crippen LogP contribution < -0.4 is 5.32 Å². The van der Waals surface area contributed by atoms with Crippen LogP contribution in [0.4, 0.5) is 0 Å². The van der Waals surface area contributed by atoms with Gasteiger partial charge in [-0.1, -0.05) is 50.6 Å². The van der Waals surface area contributed by atoms with Crippen molar-refractivity contribution in [1.82, 2.24) is 10.2 Å². The zero-order valence-electron chi connectivity index (χ0n) is 15.0. The normalized spacial score (nSPS) is 19.5. The smallest absolute Gasteiger partial charge is 0.0791 e. The summed E-state index contributed by atoms with van der Waals surface area (Å²) in [4.78, 5) is 2.27. The first kappa shape index (κ1) is 18.4. The molecule has 2 unspecified atom stereocenters. The number of benzene rings is 1. The summed E-state index contributed by atoms with van der Waals surface area (Å²) in [6.07, 6.45) is -0.359. The Balaban J connectivity index is 1.93. The third-order valence-corrected chi connectivity index (χ3v) is 4.37. The van der Waals surface area contributed by atoms with Crippen LogP contribution in [0.25, 0.3) is 0 Å². The van der Waals surface area contributed by atoms with E-state index in [0.29, 0.717) is 13.1 Å². The summed E-state index contributed by atoms with van der Waals surface area (Å²) in [5, 5.41) is 14.0. The van der Waals surface area contributed by atoms with Gasteiger partial charge in [0.25, 0.3) is 0 Å². The zero-order valence-corrected chi connectivity index (χ0v) is 15.0. The number of hydrogen-bond donors (Lipinski definition) is 2. The molecule has 0 radical (unpaired) electrons. The number of ether oxygens (including phenoxy) is 1. The number of morpholine rings is 1. The molecule has 1 aromatic carbocycles. The second-order valence-corrected chi connectivity index (χ2v) is 7.69. The van der Waals surface area contributed by atoms with Crippen molar-refractivity contribution in [3.05, 3.63) is 35.4 Å². The van der Waals surface area contributed by atoms with Crippen LogP contribution in [0.1, 0.15) is 37.9 Å². The average Bonchev–Trinajstić information content (AvgIpc) is 2.47. The highest BCUT2D eigenvalue weighted by Gasteiger charge is 2.27. The van der Waals surface area contributed by atoms with E-state index in [2.05, 4.69) is 62.2 Å². The van der Waals surface area contributed by atoms with Crippen molar-refractivity contribution in [1.29, 1.82) is 0 Å². The minimum Gasteiger partial charge on any atom is -0.390 e. The van der Waals surface area contributed by atoms with E-state index in [1.807, 2.05) is 0 Å². The first-order valence-electron chi connectivity index (χ1n) is 8.64. The Labute approximate surface area is 140 Å². The first-order chi connectivity index (χ1) is 10.9. The molecule has 0 aromatic heterocycles. The van der Waals surface area contributed by atoms with Crippen LogP contribution >= 0.6 is 0 Å². The maximum absolute atomic E-state index is 10.4. The molecule has 0 spiro atoms. The molecule has 0 aliphatic carbocycles. The minimum absolute atomic E-state index is 0.0898. The molecule has 0 amide bonds. The van der Waals surface area contributed by atoms with E-state index < -0.39 is 0 Å². The number of nitrogens with one attached hydrogen (secondary N) is 1. The van der Waals surface area contributed by atoms with Gasteiger partial charge in [0.05, 0.1) is 19.3 Å². The predicted molar refractivity (Wildman–Crippen MR) is 94.6 cm³/mol. The predicted octanol–water partition coefficient (Wildman–Crippen LogP) is 2.36. The molecule has 1 aliphatic rings. The standard InChI is InChI=1S/C19H32N2O2/c1-15-6-5-7-16(12-15)18(19(2,3)4)20-13-17(22)14-21-8-10-23-11-9-21/h5-7,12,17-18,20,22H,8-11,13-14H2,1-4H3. The summed E-state index contributed by atoms with van der Waals surface area (Å²) >= 11 is 0. The molecule has 0 bridgehead atoms. The molecular formula is C19H32N2O2. The molecule has 23 heavy (non-hydrogen) atoms. The van der Waals surface area contributed by atoms with Crippen molar-refractivity contribution in [3.63, 3.8) is 0 Å². The van der Waals surface area contributed by atoms with Gasteiger partial charge < -0.3 is 15.2 Å². The Morgan fingerprint density at radius 3 is 2.57 bits per heavy atom. The molecule has 1 heterocycles. The van der Waals surface area contributed by atoms with Gasteiger partial charge in [-0.25, -0.2) is 0 Å². The van der Waals surface area contributed by atoms with Gasteiger partial charge in [0.1, 0.15) is 0 Å². The molecule has 2 atom stereocenters. The van der Waals surface area contributed by atoms with Crippen LogP contribution in [0.3, 0.4) is 0 Å². The summed E-state index contributed by atoms with van der Waals surface area (Å²) in [7, 11) is 0. The lowest BCUT2D eigenvalue weighted by Crippen LogP contribution is -2.45. The summed E-state index contributed by atoms with van der Waals surface area (Å²) in [5.74, 6) is 0. The number of aryl methyl sites for hydroxylation is 1. The third kappa shape index (κ3) is 5.88. The maximum atomic E-state index is 10.4. The van der Waals surface area contributed by atoms with Crippen LogP contribution in [0.15, 0.2) is 24.3 Å². The van der Waals surface area contributed by atoms with Crippen LogP contribution in [0.2, 0.25) is 0 Å². The van der Waals surface area contributed by atoms with Crippen LogP contribution in [-0.2, 0) is 4.74 Å². The molecule has 130 valence electrons. The number of rotatable bonds is 6. The van der Waals surface area contributed by atoms with E-state index in [-0.39, 0.29) is 17.6 Å². The molecule has 0 saturated carbocycles. The van der Waals surface area contributed by atoms with Gasteiger partial charge in [-0.2, -0.15) is 0 Å². The second kappa shape index (κ2) is 8.25. The van der Waals surface area contributed by atoms with Crippen molar-refractivity contribution in [2.24, 2.45) is 5.41 Å². The van der Waals surface area contributed by atoms with Gasteiger partial charge in [-0.15, -0.1) is 0 Å². The molecule has 4 nitrogen and oxygen atoms in total. The van der Waals surface area contributed by atoms with Gasteiger partial charge in [0, 0.05) is 32.2 Å². The fraction of sp³-hybridized carbons (Fsp3) is 0.684. The molecule has 2 rings (SSSR count). The SMILES string of the molecule is Cc1cccc(C(NCC(O)CN2CCOCC2)C(C)(C)C)c1. The van der Waals surface area contributed by atoms with Gasteiger partial charge in [-0.05, 0) is 17.9 Å². The van der Waals surface area contributed by atoms with E-state index in [0.717, 1.165) is 26.3 Å². The van der Waals surface area contributed by atoms with Gasteiger partial charge in [-0.3, -0.25) is 4.90 Å². The van der Waals surface area contributed by atoms with Crippen LogP contribution in [0, 0.1) is 12.3 Å². The summed E-state index contributed by atoms with van der Waals surface area (Å²) < 4.78 is 5.35. The lowest BCUT2D eigenvalue weighted by Gasteiger charge is -2.34. The van der Waals surface area contributed by atoms with Gasteiger partial charge >= 0.3 is 0 Å². The molecular weight excluding hydrogens is 288 g/mol. The van der Waals surface area contributed by atoms with Crippen LogP contribution in [0.5, 0.6) is 0 Å². The monoisotopic (exact) mass is 320 g/mol. The first-order valence-corrected chi connectivity index (χ1v) is 8.64. The third-order valence-electron chi connectivity index (χ3n) is 4.37. The fourth-order valence-electron chi connectivity index (χ4n) is 3.17. The Morgan fingerprint density at radius 2 is 1.96 bits per heavy atom. The quantitative estimate of drug-likeness (QED) is 0.845. The van der Waals surface area contributed by atoms with E-state index in [1.54, 1.807) is 0 Å². The largest absolute Gasteiger partial charge is 0.390 e. The summed E-state index contributed by atoms with van der Waals surface area (Å²) in [6, 6.07) is 8.86. The Bertz CT molecular complexity index is 479. The van der Waals surface area contributed by atoms with Crippen molar-refractivity contribution in [3.8, 4) is 0 Å². The van der Waals surface area contributed by atoms with E-state index in [9.17, 15) is 5.11 Å². The lowest BCUT2D eigenvalue weighted by atomic mass is 9.82. The number of hydrogen-bond acceptors (Lipinski definition) is 4. The van der Waals surface area contributed by atoms with E-state index in [1.165, 1.54) is 11.1 Å². The van der Waals surface area contributed by atoms with Crippen molar-refractivity contribution in [2.45, 2.75) is 39.8 Å². The summed E-state index contributed by atoms with van der Waals surface area (Å²) in [6.45, 7) is 13.5. The van der Waals surface area contributed by atoms with Gasteiger partial charge in [0.2, 0.25) is 0 Å². The molecule has 4 heteroatoms. The fourth-order valence-corrected chi connectivity index (χ4v) is 3.17. The van der Waals surface area contributed by atoms with Crippen molar-refractivity contribution < 1.29 is 9.84 Å². The second-order valence-electron chi connectivity index (χ2n) is 7.69. The maximum Gasteiger partial charge on any atom is 0.0791 e. The molecule has 2 N–H and O–H groups in total. The van der Waals surface area contributed by atoms with Gasteiger partial charge in [0.15, 0.2) is 0 Å². The molecule has 1 aliphatic heterocycles. The Kier molecular flexibility index (Phi) is 6.60. The highest BCUT2D eigenvalue weighted by Crippen LogP contribution is 2.33. The molecule has 1 fully saturated rings. The minimum atomic E-state index is -0.359. The number of β-amino-alcohol motifs (C(OH)–C–C–N with tert-alkyl or cyclic N) is 1. The highest BCUT2D eigenvalue weighted by atomic mass is 16.5. The van der Waals surface area contributed by atoms with Crippen molar-refractivity contribution >= 4 is 0 Å². The molecule has 1 aromatic rings. The molecule has 1 saturated heterocycles. The topological polar surface area (TPSA) is 44.7 Å². The van der Waals surface area contributed by atoms with Crippen LogP contribution in [-0.4, -0.2) is 55.5 Å². The van der Waals surface area contributed by atoms with Crippen molar-refractivity contribution in [2.75, 3.05) is 39.4 Å². The Hall–Kier alpha value is -0.940. The van der Waals surface area contributed by atoms with E-state index in [4.69, 9.17) is 4.74 Å². The number of nitrogens with zero attached hydrogens (tertiary/aromatic N) is 1. The highest BCUT2D eigenvalue weighted by molar-refractivity contribution is 5.26. The summed E-state index contributed by atoms with van der Waals surface area (Å²) in [5.41, 5.74) is 2.65. The Morgan fingerprint density at radius 1 is 1.26 bits per heavy atom.